The highest BCUT2D eigenvalue weighted by molar-refractivity contribution is 6.39. The van der Waals surface area contributed by atoms with Gasteiger partial charge in [-0.2, -0.15) is 0 Å². The Morgan fingerprint density at radius 3 is 2.15 bits per heavy atom. The quantitative estimate of drug-likeness (QED) is 0.0463. The van der Waals surface area contributed by atoms with Crippen molar-refractivity contribution >= 4 is 40.8 Å². The molecule has 18 nitrogen and oxygen atoms in total. The molecule has 2 aliphatic heterocycles. The van der Waals surface area contributed by atoms with Crippen molar-refractivity contribution in [2.45, 2.75) is 194 Å². The minimum absolute atomic E-state index is 0.0330. The van der Waals surface area contributed by atoms with Crippen molar-refractivity contribution in [3.05, 3.63) is 79.3 Å². The lowest BCUT2D eigenvalue weighted by atomic mass is 9.90. The molecule has 0 amide bonds. The largest absolute Gasteiger partial charge is 0.505 e. The van der Waals surface area contributed by atoms with Gasteiger partial charge in [-0.3, -0.25) is 4.79 Å². The van der Waals surface area contributed by atoms with Crippen LogP contribution in [0.3, 0.4) is 0 Å². The van der Waals surface area contributed by atoms with Gasteiger partial charge in [0.15, 0.2) is 35.7 Å². The lowest BCUT2D eigenvalue weighted by molar-refractivity contribution is -0.292. The molecule has 2 aliphatic rings. The number of nitrogens with zero attached hydrogens (tertiary/aromatic N) is 1. The second-order valence-electron chi connectivity index (χ2n) is 19.1. The van der Waals surface area contributed by atoms with Gasteiger partial charge in [0.05, 0.1) is 59.2 Å². The van der Waals surface area contributed by atoms with E-state index in [2.05, 4.69) is 5.18 Å². The van der Waals surface area contributed by atoms with Crippen LogP contribution >= 0.6 is 23.2 Å². The van der Waals surface area contributed by atoms with E-state index in [-0.39, 0.29) is 59.6 Å². The summed E-state index contributed by atoms with van der Waals surface area (Å²) in [5.41, 5.74) is 0.640. The molecule has 3 rings (SSSR count). The molecule has 20 heteroatoms. The monoisotopic (exact) mass is 1060 g/mol. The molecular formula is C52H79Cl2NO17. The van der Waals surface area contributed by atoms with Crippen LogP contribution in [0.2, 0.25) is 10.0 Å². The molecule has 72 heavy (non-hydrogen) atoms. The lowest BCUT2D eigenvalue weighted by Gasteiger charge is -2.42. The van der Waals surface area contributed by atoms with Crippen LogP contribution in [-0.2, 0) is 39.7 Å². The molecule has 0 bridgehead atoms. The number of phenolic OH excluding ortho intramolecular Hbond substituents is 1. The standard InChI is InChI=1S/C41H57Cl2NO12.C11H22O5/c1-10-25-19-22(4)28(45)15-13-12-14-26(39(49)55-29(41(7,8)50)17-16-21(3)18-23(5)33(25)46)20-53-40-38(52-9)35(48)36(24(6)54-40)56-37-27(11-2)30(42)34(47)31(43)32(37)44-51;1-5-8(13)9(14)10(7(4)12)16-11(15)6(2)3/h12-14,16,18-19,24-25,28-29,33,35-36,38,40,45-48,50H,10-11,15,17,20H2,1-9H3;6-10,12-14H,5H2,1-4H3/b13-12+,21-16+,22-19+,23-18+,26-14+;. The number of methoxy groups -OCH3 is 1. The molecule has 1 saturated heterocycles. The zero-order valence-corrected chi connectivity index (χ0v) is 45.3. The molecule has 0 saturated carbocycles. The van der Waals surface area contributed by atoms with E-state index in [1.54, 1.807) is 53.7 Å². The molecular weight excluding hydrogens is 981 g/mol. The van der Waals surface area contributed by atoms with Gasteiger partial charge in [-0.05, 0) is 96.5 Å². The molecule has 1 fully saturated rings. The maximum atomic E-state index is 13.8. The smallest absolute Gasteiger partial charge is 0.336 e. The summed E-state index contributed by atoms with van der Waals surface area (Å²) < 4.78 is 34.7. The van der Waals surface area contributed by atoms with Gasteiger partial charge in [-0.1, -0.05) is 93.8 Å². The summed E-state index contributed by atoms with van der Waals surface area (Å²) in [6.45, 7) is 19.9. The van der Waals surface area contributed by atoms with Crippen molar-refractivity contribution in [1.29, 1.82) is 0 Å². The summed E-state index contributed by atoms with van der Waals surface area (Å²) in [5, 5.41) is 85.8. The fourth-order valence-electron chi connectivity index (χ4n) is 7.71. The van der Waals surface area contributed by atoms with Crippen LogP contribution < -0.4 is 4.74 Å². The van der Waals surface area contributed by atoms with E-state index in [0.29, 0.717) is 18.4 Å². The first-order chi connectivity index (χ1) is 33.6. The first-order valence-corrected chi connectivity index (χ1v) is 25.0. The predicted molar refractivity (Wildman–Crippen MR) is 273 cm³/mol. The first kappa shape index (κ1) is 64.4. The number of carbonyl (C=O) groups excluding carboxylic acids is 2. The number of phenols is 1. The number of aliphatic hydroxyl groups excluding tert-OH is 6. The van der Waals surface area contributed by atoms with E-state index < -0.39 is 107 Å². The number of carbonyl (C=O) groups is 2. The van der Waals surface area contributed by atoms with Crippen molar-refractivity contribution in [3.8, 4) is 11.5 Å². The third-order valence-corrected chi connectivity index (χ3v) is 13.2. The Kier molecular flexibility index (Phi) is 26.8. The number of esters is 2. The molecule has 2 heterocycles. The number of rotatable bonds is 16. The van der Waals surface area contributed by atoms with Gasteiger partial charge in [0.1, 0.15) is 29.4 Å². The van der Waals surface area contributed by atoms with E-state index in [0.717, 1.165) is 11.1 Å². The lowest BCUT2D eigenvalue weighted by Crippen LogP contribution is -2.60. The maximum absolute atomic E-state index is 13.8. The van der Waals surface area contributed by atoms with Gasteiger partial charge in [-0.15, -0.1) is 4.91 Å². The van der Waals surface area contributed by atoms with Gasteiger partial charge < -0.3 is 69.3 Å². The van der Waals surface area contributed by atoms with Crippen LogP contribution in [0.4, 0.5) is 5.69 Å². The van der Waals surface area contributed by atoms with Gasteiger partial charge in [0.25, 0.3) is 0 Å². The normalized spacial score (nSPS) is 30.0. The molecule has 1 aromatic rings. The minimum atomic E-state index is -1.45. The minimum Gasteiger partial charge on any atom is -0.505 e. The Bertz CT molecular complexity index is 2100. The average Bonchev–Trinajstić information content (AvgIpc) is 3.32. The molecule has 13 atom stereocenters. The van der Waals surface area contributed by atoms with Crippen molar-refractivity contribution < 1.29 is 78.9 Å². The average molecular weight is 1060 g/mol. The summed E-state index contributed by atoms with van der Waals surface area (Å²) >= 11 is 12.5. The first-order valence-electron chi connectivity index (χ1n) is 24.3. The molecule has 0 aliphatic carbocycles. The van der Waals surface area contributed by atoms with Crippen molar-refractivity contribution in [1.82, 2.24) is 0 Å². The van der Waals surface area contributed by atoms with Crippen LogP contribution in [-0.4, -0.2) is 146 Å². The molecule has 0 spiro atoms. The zero-order chi connectivity index (χ0) is 54.9. The third kappa shape index (κ3) is 18.0. The number of allylic oxidation sites excluding steroid dienone is 4. The summed E-state index contributed by atoms with van der Waals surface area (Å²) in [4.78, 5) is 36.9. The number of hydrogen-bond acceptors (Lipinski definition) is 18. The number of ether oxygens (including phenoxy) is 6. The Hall–Kier alpha value is -3.76. The topological polar surface area (TPSA) is 281 Å². The van der Waals surface area contributed by atoms with E-state index in [4.69, 9.17) is 51.6 Å². The van der Waals surface area contributed by atoms with Gasteiger partial charge in [-0.25, -0.2) is 4.79 Å². The van der Waals surface area contributed by atoms with Gasteiger partial charge in [0, 0.05) is 25.0 Å². The number of benzene rings is 1. The number of aliphatic hydroxyl groups is 7. The molecule has 0 aromatic heterocycles. The summed E-state index contributed by atoms with van der Waals surface area (Å²) in [5.74, 6) is -2.52. The Morgan fingerprint density at radius 2 is 1.62 bits per heavy atom. The highest BCUT2D eigenvalue weighted by Crippen LogP contribution is 2.50. The molecule has 0 radical (unpaired) electrons. The number of halogens is 2. The fraction of sp³-hybridized carbons (Fsp3) is 0.654. The van der Waals surface area contributed by atoms with Crippen LogP contribution in [0.15, 0.2) is 63.9 Å². The van der Waals surface area contributed by atoms with Crippen LogP contribution in [0.1, 0.15) is 114 Å². The molecule has 1 aromatic carbocycles. The van der Waals surface area contributed by atoms with Gasteiger partial charge >= 0.3 is 11.9 Å². The van der Waals surface area contributed by atoms with Crippen LogP contribution in [0, 0.1) is 16.7 Å². The predicted octanol–water partition coefficient (Wildman–Crippen LogP) is 7.16. The second-order valence-corrected chi connectivity index (χ2v) is 19.8. The van der Waals surface area contributed by atoms with Crippen molar-refractivity contribution in [2.75, 3.05) is 13.7 Å². The SMILES string of the molecule is CCC(O)C(O)C(OC(=O)C(C)C)C(C)O.CCc1c(Cl)c(O)c(Cl)c(N=O)c1OC1C(C)OC(OC/C2=C\C=C\CC(O)/C(C)=C/C(CC)C(O)/C(C)=C/C(C)=C/CC(C(C)(C)O)OC2=O)C(OC)C1O. The molecule has 8 N–H and O–H groups in total. The number of aromatic hydroxyl groups is 1. The van der Waals surface area contributed by atoms with Crippen LogP contribution in [0.5, 0.6) is 11.5 Å². The van der Waals surface area contributed by atoms with E-state index in [1.807, 2.05) is 39.0 Å². The summed E-state index contributed by atoms with van der Waals surface area (Å²) in [6, 6.07) is 0. The Morgan fingerprint density at radius 1 is 0.986 bits per heavy atom. The van der Waals surface area contributed by atoms with E-state index >= 15 is 0 Å². The second kappa shape index (κ2) is 30.0. The number of cyclic esters (lactones) is 1. The zero-order valence-electron chi connectivity index (χ0n) is 43.7. The number of nitroso groups, excluding NO2 is 1. The Balaban J connectivity index is 0.000000947. The van der Waals surface area contributed by atoms with Crippen LogP contribution in [0.25, 0.3) is 0 Å². The summed E-state index contributed by atoms with van der Waals surface area (Å²) in [7, 11) is 1.32. The summed E-state index contributed by atoms with van der Waals surface area (Å²) in [6.07, 6.45) is -1.07. The Labute approximate surface area is 433 Å². The van der Waals surface area contributed by atoms with Gasteiger partial charge in [0.2, 0.25) is 0 Å². The maximum Gasteiger partial charge on any atom is 0.336 e. The van der Waals surface area contributed by atoms with E-state index in [9.17, 15) is 55.3 Å². The van der Waals surface area contributed by atoms with Crippen molar-refractivity contribution in [2.24, 2.45) is 17.0 Å². The third-order valence-electron chi connectivity index (χ3n) is 12.4. The molecule has 13 unspecified atom stereocenters. The molecule has 408 valence electrons. The highest BCUT2D eigenvalue weighted by atomic mass is 35.5. The fourth-order valence-corrected chi connectivity index (χ4v) is 8.28. The highest BCUT2D eigenvalue weighted by Gasteiger charge is 2.47. The van der Waals surface area contributed by atoms with E-state index in [1.165, 1.54) is 34.0 Å². The van der Waals surface area contributed by atoms with Crippen molar-refractivity contribution in [3.63, 3.8) is 0 Å². The number of hydrogen-bond donors (Lipinski definition) is 8.